The zero-order valence-corrected chi connectivity index (χ0v) is 34.0. The smallest absolute Gasteiger partial charge is 0.264 e. The number of nitrogens with zero attached hydrogens (tertiary/aromatic N) is 3. The van der Waals surface area contributed by atoms with Crippen LogP contribution in [0.2, 0.25) is 0 Å². The van der Waals surface area contributed by atoms with Crippen molar-refractivity contribution in [2.45, 2.75) is 0 Å². The fourth-order valence-corrected chi connectivity index (χ4v) is 12.5. The molecule has 0 atom stereocenters. The summed E-state index contributed by atoms with van der Waals surface area (Å²) >= 11 is 1.94. The molecule has 13 aromatic rings. The van der Waals surface area contributed by atoms with Crippen LogP contribution < -0.4 is 20.6 Å². The van der Waals surface area contributed by atoms with Crippen LogP contribution >= 0.6 is 11.3 Å². The van der Waals surface area contributed by atoms with Crippen molar-refractivity contribution in [3.63, 3.8) is 0 Å². The van der Waals surface area contributed by atoms with Crippen LogP contribution in [0, 0.1) is 0 Å². The number of aromatic nitrogens is 2. The molecule has 6 heteroatoms. The van der Waals surface area contributed by atoms with E-state index in [1.54, 1.807) is 0 Å². The van der Waals surface area contributed by atoms with E-state index >= 15 is 0 Å². The molecule has 0 saturated carbocycles. The molecular weight excluding hydrogens is 774 g/mol. The van der Waals surface area contributed by atoms with E-state index in [1.807, 2.05) is 17.4 Å². The topological polar surface area (TPSA) is 26.2 Å². The van der Waals surface area contributed by atoms with Gasteiger partial charge in [-0.05, 0) is 83.2 Å². The fraction of sp³-hybridized carbons (Fsp3) is 0. The lowest BCUT2D eigenvalue weighted by Crippen LogP contribution is -2.59. The minimum Gasteiger partial charge on any atom is -0.455 e. The Morgan fingerprint density at radius 2 is 1.13 bits per heavy atom. The number of hydrogen-bond acceptors (Lipinski definition) is 3. The number of furan rings is 1. The van der Waals surface area contributed by atoms with Gasteiger partial charge in [-0.2, -0.15) is 0 Å². The van der Waals surface area contributed by atoms with Crippen LogP contribution in [-0.2, 0) is 0 Å². The molecule has 2 aliphatic rings. The van der Waals surface area contributed by atoms with E-state index in [0.717, 1.165) is 38.8 Å². The monoisotopic (exact) mass is 805 g/mol. The van der Waals surface area contributed by atoms with E-state index in [1.165, 1.54) is 92.1 Å². The zero-order valence-electron chi connectivity index (χ0n) is 33.2. The Bertz CT molecular complexity index is 4060. The van der Waals surface area contributed by atoms with Crippen LogP contribution in [0.4, 0.5) is 17.1 Å². The Hall–Kier alpha value is -7.80. The summed E-state index contributed by atoms with van der Waals surface area (Å²) in [6.07, 6.45) is 0. The van der Waals surface area contributed by atoms with Crippen molar-refractivity contribution in [2.24, 2.45) is 0 Å². The second kappa shape index (κ2) is 11.9. The van der Waals surface area contributed by atoms with E-state index in [2.05, 4.69) is 202 Å². The van der Waals surface area contributed by atoms with Crippen molar-refractivity contribution >= 4 is 126 Å². The Morgan fingerprint density at radius 3 is 2.02 bits per heavy atom. The number of hydrogen-bond donors (Lipinski definition) is 0. The highest BCUT2D eigenvalue weighted by atomic mass is 32.1. The van der Waals surface area contributed by atoms with Crippen LogP contribution in [-0.4, -0.2) is 15.8 Å². The Kier molecular flexibility index (Phi) is 6.35. The summed E-state index contributed by atoms with van der Waals surface area (Å²) in [5.74, 6) is 0. The standard InChI is InChI=1S/C56H32BN3OS/c1-2-13-34(14-3-1)58-45-22-7-4-15-37(45)42-31-49-43(32-48(42)58)39-19-11-21-44-53(39)60(49)47-24-12-23-46-52(47)57(44)56-54(41-17-6-9-26-51(41)62-56)59(46)35-29-27-33(28-30-35)36-18-10-20-40-38-16-5-8-25-50(38)61-55(36)40/h1-32H. The minimum atomic E-state index is 0.0868. The molecule has 6 heterocycles. The van der Waals surface area contributed by atoms with E-state index in [9.17, 15) is 0 Å². The van der Waals surface area contributed by atoms with Gasteiger partial charge >= 0.3 is 0 Å². The fourth-order valence-electron chi connectivity index (χ4n) is 11.2. The summed E-state index contributed by atoms with van der Waals surface area (Å²) in [6, 6.07) is 71.4. The minimum absolute atomic E-state index is 0.0868. The summed E-state index contributed by atoms with van der Waals surface area (Å²) in [4.78, 5) is 2.54. The molecule has 0 saturated heterocycles. The molecule has 0 amide bonds. The van der Waals surface area contributed by atoms with Gasteiger partial charge in [-0.1, -0.05) is 127 Å². The van der Waals surface area contributed by atoms with Gasteiger partial charge in [0.15, 0.2) is 0 Å². The van der Waals surface area contributed by atoms with Crippen molar-refractivity contribution in [1.82, 2.24) is 9.13 Å². The molecule has 2 aliphatic heterocycles. The molecule has 0 bridgehead atoms. The number of anilines is 3. The molecule has 286 valence electrons. The maximum absolute atomic E-state index is 6.49. The predicted octanol–water partition coefficient (Wildman–Crippen LogP) is 13.3. The van der Waals surface area contributed by atoms with Gasteiger partial charge in [0.25, 0.3) is 6.71 Å². The molecular formula is C56H32BN3OS. The van der Waals surface area contributed by atoms with Crippen LogP contribution in [0.5, 0.6) is 0 Å². The first-order valence-electron chi connectivity index (χ1n) is 21.3. The molecule has 62 heavy (non-hydrogen) atoms. The first-order valence-corrected chi connectivity index (χ1v) is 22.1. The predicted molar refractivity (Wildman–Crippen MR) is 263 cm³/mol. The second-order valence-corrected chi connectivity index (χ2v) is 17.9. The molecule has 15 rings (SSSR count). The highest BCUT2D eigenvalue weighted by Gasteiger charge is 2.44. The van der Waals surface area contributed by atoms with E-state index in [4.69, 9.17) is 4.42 Å². The average Bonchev–Trinajstić information content (AvgIpc) is 4.08. The van der Waals surface area contributed by atoms with Gasteiger partial charge in [0.2, 0.25) is 0 Å². The van der Waals surface area contributed by atoms with Crippen molar-refractivity contribution in [3.05, 3.63) is 194 Å². The van der Waals surface area contributed by atoms with E-state index < -0.39 is 0 Å². The Labute approximate surface area is 359 Å². The maximum Gasteiger partial charge on any atom is 0.264 e. The molecule has 0 radical (unpaired) electrons. The van der Waals surface area contributed by atoms with Crippen molar-refractivity contribution in [2.75, 3.05) is 4.90 Å². The quantitative estimate of drug-likeness (QED) is 0.166. The van der Waals surface area contributed by atoms with Crippen LogP contribution in [0.1, 0.15) is 0 Å². The highest BCUT2D eigenvalue weighted by Crippen LogP contribution is 2.47. The van der Waals surface area contributed by atoms with Crippen molar-refractivity contribution in [1.29, 1.82) is 0 Å². The molecule has 0 fully saturated rings. The molecule has 0 spiro atoms. The summed E-state index contributed by atoms with van der Waals surface area (Å²) in [7, 11) is 0. The molecule has 4 nitrogen and oxygen atoms in total. The lowest BCUT2D eigenvalue weighted by atomic mass is 9.36. The summed E-state index contributed by atoms with van der Waals surface area (Å²) < 4.78 is 14.2. The van der Waals surface area contributed by atoms with Crippen molar-refractivity contribution < 1.29 is 4.42 Å². The maximum atomic E-state index is 6.49. The first kappa shape index (κ1) is 33.0. The van der Waals surface area contributed by atoms with Crippen LogP contribution in [0.15, 0.2) is 199 Å². The third-order valence-electron chi connectivity index (χ3n) is 13.7. The van der Waals surface area contributed by atoms with Gasteiger partial charge in [-0.25, -0.2) is 0 Å². The lowest BCUT2D eigenvalue weighted by Gasteiger charge is -2.38. The Morgan fingerprint density at radius 1 is 0.452 bits per heavy atom. The number of fused-ring (bicyclic) bond motifs is 15. The number of benzene rings is 9. The lowest BCUT2D eigenvalue weighted by molar-refractivity contribution is 0.670. The molecule has 0 aliphatic carbocycles. The third-order valence-corrected chi connectivity index (χ3v) is 14.9. The van der Waals surface area contributed by atoms with Crippen LogP contribution in [0.25, 0.3) is 98.1 Å². The van der Waals surface area contributed by atoms with E-state index in [-0.39, 0.29) is 6.71 Å². The second-order valence-electron chi connectivity index (χ2n) is 16.8. The summed E-state index contributed by atoms with van der Waals surface area (Å²) in [5.41, 5.74) is 17.8. The number of rotatable bonds is 3. The van der Waals surface area contributed by atoms with Gasteiger partial charge in [-0.3, -0.25) is 0 Å². The Balaban J connectivity index is 0.987. The average molecular weight is 806 g/mol. The zero-order chi connectivity index (χ0) is 40.2. The van der Waals surface area contributed by atoms with E-state index in [0.29, 0.717) is 0 Å². The highest BCUT2D eigenvalue weighted by molar-refractivity contribution is 7.33. The summed E-state index contributed by atoms with van der Waals surface area (Å²) in [6.45, 7) is 0.0868. The molecule has 4 aromatic heterocycles. The van der Waals surface area contributed by atoms with Crippen molar-refractivity contribution in [3.8, 4) is 22.5 Å². The molecule has 9 aromatic carbocycles. The van der Waals surface area contributed by atoms with Gasteiger partial charge < -0.3 is 18.5 Å². The largest absolute Gasteiger partial charge is 0.455 e. The molecule has 0 unspecified atom stereocenters. The third kappa shape index (κ3) is 4.17. The van der Waals surface area contributed by atoms with Gasteiger partial charge in [-0.15, -0.1) is 11.3 Å². The SMILES string of the molecule is c1ccc(-n2c3ccccc3c3cc4c(cc32)c2cccc3c2n4-c2cccc4c2B3c2sc3ccccc3c2N4c2ccc(-c3cccc4c3oc3ccccc34)cc2)cc1. The van der Waals surface area contributed by atoms with Crippen LogP contribution in [0.3, 0.4) is 0 Å². The van der Waals surface area contributed by atoms with Gasteiger partial charge in [0.05, 0.1) is 22.2 Å². The number of thiophene rings is 1. The van der Waals surface area contributed by atoms with Gasteiger partial charge in [0.1, 0.15) is 11.2 Å². The first-order chi connectivity index (χ1) is 30.8. The number of para-hydroxylation sites is 5. The normalized spacial score (nSPS) is 13.1. The van der Waals surface area contributed by atoms with Gasteiger partial charge in [0, 0.05) is 81.0 Å². The molecule has 0 N–H and O–H groups in total. The summed E-state index contributed by atoms with van der Waals surface area (Å²) in [5, 5.41) is 8.66.